The molecule has 0 N–H and O–H groups in total. The molecular weight excluding hydrogens is 236 g/mol. The van der Waals surface area contributed by atoms with Crippen LogP contribution in [0.5, 0.6) is 0 Å². The van der Waals surface area contributed by atoms with Crippen molar-refractivity contribution in [2.75, 3.05) is 0 Å². The van der Waals surface area contributed by atoms with Crippen LogP contribution in [-0.4, -0.2) is 0 Å². The number of benzene rings is 1. The minimum atomic E-state index is 0.688. The molecule has 0 aliphatic heterocycles. The maximum atomic E-state index is 4.46. The molecule has 0 bridgehead atoms. The third-order valence-corrected chi connectivity index (χ3v) is 3.74. The zero-order chi connectivity index (χ0) is 10.0. The smallest absolute Gasteiger partial charge is 0.0168 e. The molecule has 0 fully saturated rings. The van der Waals surface area contributed by atoms with Crippen molar-refractivity contribution in [3.05, 3.63) is 22.8 Å². The highest BCUT2D eigenvalue weighted by Crippen LogP contribution is 2.30. The molecule has 0 atom stereocenters. The predicted molar refractivity (Wildman–Crippen MR) is 71.1 cm³/mol. The summed E-state index contributed by atoms with van der Waals surface area (Å²) in [5, 5.41) is 0. The largest absolute Gasteiger partial charge is 0.175 e. The molecule has 0 unspecified atom stereocenters. The second-order valence-corrected chi connectivity index (χ2v) is 4.38. The fourth-order valence-electron chi connectivity index (χ4n) is 1.18. The second-order valence-electron chi connectivity index (χ2n) is 2.82. The lowest BCUT2D eigenvalue weighted by atomic mass is 10.1. The number of rotatable bonds is 2. The van der Waals surface area contributed by atoms with Gasteiger partial charge in [-0.05, 0) is 29.7 Å². The van der Waals surface area contributed by atoms with Crippen molar-refractivity contribution >= 4 is 50.5 Å². The van der Waals surface area contributed by atoms with Crippen molar-refractivity contribution in [1.29, 1.82) is 0 Å². The highest BCUT2D eigenvalue weighted by Gasteiger charge is 2.09. The summed E-state index contributed by atoms with van der Waals surface area (Å²) in [5.74, 6) is 1.38. The van der Waals surface area contributed by atoms with E-state index in [0.717, 1.165) is 26.5 Å². The molecule has 0 saturated heterocycles. The van der Waals surface area contributed by atoms with Gasteiger partial charge >= 0.3 is 0 Å². The van der Waals surface area contributed by atoms with E-state index >= 15 is 0 Å². The predicted octanol–water partition coefficient (Wildman–Crippen LogP) is 3.43. The summed E-state index contributed by atoms with van der Waals surface area (Å²) in [7, 11) is 0. The maximum Gasteiger partial charge on any atom is 0.0168 e. The Morgan fingerprint density at radius 1 is 1.15 bits per heavy atom. The van der Waals surface area contributed by atoms with Gasteiger partial charge in [0.15, 0.2) is 0 Å². The average molecular weight is 248 g/mol. The van der Waals surface area contributed by atoms with Gasteiger partial charge in [-0.1, -0.05) is 0 Å². The molecule has 13 heavy (non-hydrogen) atoms. The van der Waals surface area contributed by atoms with Gasteiger partial charge in [-0.15, -0.1) is 25.3 Å². The summed E-state index contributed by atoms with van der Waals surface area (Å²) >= 11 is 17.4. The Morgan fingerprint density at radius 2 is 1.77 bits per heavy atom. The summed E-state index contributed by atoms with van der Waals surface area (Å²) in [6, 6.07) is 2.01. The molecule has 0 nitrogen and oxygen atoms in total. The van der Waals surface area contributed by atoms with E-state index < -0.39 is 0 Å². The SMILES string of the molecule is Cc1c(S)cc(CS)c(S)c1CS. The van der Waals surface area contributed by atoms with Gasteiger partial charge in [0, 0.05) is 21.3 Å². The monoisotopic (exact) mass is 248 g/mol. The molecule has 1 rings (SSSR count). The van der Waals surface area contributed by atoms with Gasteiger partial charge in [-0.25, -0.2) is 0 Å². The Balaban J connectivity index is 3.39. The lowest BCUT2D eigenvalue weighted by molar-refractivity contribution is 1.09. The van der Waals surface area contributed by atoms with Gasteiger partial charge in [0.1, 0.15) is 0 Å². The first-order chi connectivity index (χ1) is 6.11. The number of hydrogen-bond donors (Lipinski definition) is 4. The molecule has 1 aromatic rings. The molecule has 0 heterocycles. The summed E-state index contributed by atoms with van der Waals surface area (Å²) in [6.07, 6.45) is 0. The Bertz CT molecular complexity index is 320. The Kier molecular flexibility index (Phi) is 4.42. The van der Waals surface area contributed by atoms with Gasteiger partial charge in [-0.3, -0.25) is 0 Å². The quantitative estimate of drug-likeness (QED) is 0.566. The highest BCUT2D eigenvalue weighted by atomic mass is 32.1. The molecule has 0 spiro atoms. The molecule has 1 aromatic carbocycles. The van der Waals surface area contributed by atoms with Crippen LogP contribution in [-0.2, 0) is 11.5 Å². The van der Waals surface area contributed by atoms with Crippen LogP contribution < -0.4 is 0 Å². The molecule has 0 saturated carbocycles. The van der Waals surface area contributed by atoms with Crippen LogP contribution in [0, 0.1) is 6.92 Å². The summed E-state index contributed by atoms with van der Waals surface area (Å²) in [6.45, 7) is 2.04. The van der Waals surface area contributed by atoms with Crippen LogP contribution in [0.4, 0.5) is 0 Å². The minimum Gasteiger partial charge on any atom is -0.175 e. The molecule has 0 amide bonds. The lowest BCUT2D eigenvalue weighted by Gasteiger charge is -2.12. The lowest BCUT2D eigenvalue weighted by Crippen LogP contribution is -1.94. The Hall–Kier alpha value is 0.620. The molecule has 0 radical (unpaired) electrons. The van der Waals surface area contributed by atoms with Crippen molar-refractivity contribution in [2.45, 2.75) is 28.2 Å². The van der Waals surface area contributed by atoms with E-state index in [0.29, 0.717) is 11.5 Å². The molecule has 0 aliphatic rings. The first-order valence-corrected chi connectivity index (χ1v) is 6.02. The summed E-state index contributed by atoms with van der Waals surface area (Å²) in [5.41, 5.74) is 3.43. The van der Waals surface area contributed by atoms with E-state index in [-0.39, 0.29) is 0 Å². The third-order valence-electron chi connectivity index (χ3n) is 2.07. The zero-order valence-corrected chi connectivity index (χ0v) is 10.9. The van der Waals surface area contributed by atoms with Crippen LogP contribution in [0.1, 0.15) is 16.7 Å². The van der Waals surface area contributed by atoms with Crippen molar-refractivity contribution in [3.63, 3.8) is 0 Å². The topological polar surface area (TPSA) is 0 Å². The van der Waals surface area contributed by atoms with Crippen LogP contribution >= 0.6 is 50.5 Å². The van der Waals surface area contributed by atoms with E-state index in [9.17, 15) is 0 Å². The maximum absolute atomic E-state index is 4.46. The average Bonchev–Trinajstić information content (AvgIpc) is 2.12. The van der Waals surface area contributed by atoms with E-state index in [2.05, 4.69) is 50.5 Å². The molecule has 4 heteroatoms. The van der Waals surface area contributed by atoms with Crippen molar-refractivity contribution in [1.82, 2.24) is 0 Å². The molecule has 72 valence electrons. The van der Waals surface area contributed by atoms with Gasteiger partial charge in [0.05, 0.1) is 0 Å². The Labute approximate surface area is 101 Å². The summed E-state index contributed by atoms with van der Waals surface area (Å²) < 4.78 is 0. The van der Waals surface area contributed by atoms with E-state index in [4.69, 9.17) is 0 Å². The van der Waals surface area contributed by atoms with Crippen molar-refractivity contribution in [3.8, 4) is 0 Å². The standard InChI is InChI=1S/C9H12S4/c1-5-7(4-11)9(13)6(3-10)2-8(5)12/h2,10-13H,3-4H2,1H3. The molecule has 0 aliphatic carbocycles. The van der Waals surface area contributed by atoms with E-state index in [1.165, 1.54) is 0 Å². The number of hydrogen-bond acceptors (Lipinski definition) is 4. The normalized spacial score (nSPS) is 10.5. The third kappa shape index (κ3) is 2.35. The van der Waals surface area contributed by atoms with Crippen LogP contribution in [0.3, 0.4) is 0 Å². The highest BCUT2D eigenvalue weighted by molar-refractivity contribution is 7.81. The van der Waals surface area contributed by atoms with Crippen molar-refractivity contribution in [2.24, 2.45) is 0 Å². The van der Waals surface area contributed by atoms with Crippen molar-refractivity contribution < 1.29 is 0 Å². The zero-order valence-electron chi connectivity index (χ0n) is 7.28. The van der Waals surface area contributed by atoms with E-state index in [1.807, 2.05) is 13.0 Å². The van der Waals surface area contributed by atoms with Crippen LogP contribution in [0.2, 0.25) is 0 Å². The first kappa shape index (κ1) is 11.7. The van der Waals surface area contributed by atoms with Gasteiger partial charge in [-0.2, -0.15) is 25.3 Å². The van der Waals surface area contributed by atoms with Gasteiger partial charge < -0.3 is 0 Å². The molecule has 0 aromatic heterocycles. The fraction of sp³-hybridized carbons (Fsp3) is 0.333. The van der Waals surface area contributed by atoms with Crippen LogP contribution in [0.15, 0.2) is 15.9 Å². The van der Waals surface area contributed by atoms with Gasteiger partial charge in [0.25, 0.3) is 0 Å². The first-order valence-electron chi connectivity index (χ1n) is 3.86. The van der Waals surface area contributed by atoms with Gasteiger partial charge in [0.2, 0.25) is 0 Å². The Morgan fingerprint density at radius 3 is 2.23 bits per heavy atom. The molecular formula is C9H12S4. The number of thiol groups is 4. The second kappa shape index (κ2) is 4.91. The summed E-state index contributed by atoms with van der Waals surface area (Å²) in [4.78, 5) is 1.99. The fourth-order valence-corrected chi connectivity index (χ4v) is 2.76. The van der Waals surface area contributed by atoms with E-state index in [1.54, 1.807) is 0 Å². The minimum absolute atomic E-state index is 0.688. The van der Waals surface area contributed by atoms with Crippen LogP contribution in [0.25, 0.3) is 0 Å².